The number of amides is 1. The average molecular weight is 344 g/mol. The SMILES string of the molecule is COc1ccc(NCC(=O)Nc2ccccc2OC(C)C)cc1OC. The summed E-state index contributed by atoms with van der Waals surface area (Å²) in [5, 5.41) is 5.92. The summed E-state index contributed by atoms with van der Waals surface area (Å²) in [6.45, 7) is 4.00. The third kappa shape index (κ3) is 5.31. The van der Waals surface area contributed by atoms with Crippen molar-refractivity contribution in [2.45, 2.75) is 20.0 Å². The number of benzene rings is 2. The molecule has 0 aliphatic rings. The van der Waals surface area contributed by atoms with Gasteiger partial charge in [0.25, 0.3) is 0 Å². The van der Waals surface area contributed by atoms with Gasteiger partial charge in [-0.25, -0.2) is 0 Å². The Morgan fingerprint density at radius 1 is 1.00 bits per heavy atom. The van der Waals surface area contributed by atoms with Gasteiger partial charge in [0.05, 0.1) is 32.6 Å². The van der Waals surface area contributed by atoms with E-state index in [-0.39, 0.29) is 18.6 Å². The van der Waals surface area contributed by atoms with E-state index in [1.54, 1.807) is 26.4 Å². The standard InChI is InChI=1S/C19H24N2O4/c1-13(2)25-16-8-6-5-7-15(16)21-19(22)12-20-14-9-10-17(23-3)18(11-14)24-4/h5-11,13,20H,12H2,1-4H3,(H,21,22). The van der Waals surface area contributed by atoms with Gasteiger partial charge in [0.1, 0.15) is 5.75 Å². The van der Waals surface area contributed by atoms with Crippen LogP contribution < -0.4 is 24.8 Å². The number of nitrogens with one attached hydrogen (secondary N) is 2. The minimum atomic E-state index is -0.172. The monoisotopic (exact) mass is 344 g/mol. The molecule has 2 aromatic carbocycles. The lowest BCUT2D eigenvalue weighted by Crippen LogP contribution is -2.22. The number of methoxy groups -OCH3 is 2. The van der Waals surface area contributed by atoms with E-state index in [0.29, 0.717) is 22.9 Å². The molecule has 0 aromatic heterocycles. The molecular weight excluding hydrogens is 320 g/mol. The molecule has 134 valence electrons. The predicted molar refractivity (Wildman–Crippen MR) is 98.9 cm³/mol. The van der Waals surface area contributed by atoms with Crippen molar-refractivity contribution in [3.8, 4) is 17.2 Å². The van der Waals surface area contributed by atoms with Gasteiger partial charge < -0.3 is 24.8 Å². The normalized spacial score (nSPS) is 10.3. The Morgan fingerprint density at radius 2 is 1.72 bits per heavy atom. The number of hydrogen-bond donors (Lipinski definition) is 2. The Balaban J connectivity index is 1.97. The minimum absolute atomic E-state index is 0.0305. The molecule has 6 nitrogen and oxygen atoms in total. The Bertz CT molecular complexity index is 716. The molecule has 0 radical (unpaired) electrons. The van der Waals surface area contributed by atoms with Crippen molar-refractivity contribution in [2.75, 3.05) is 31.4 Å². The van der Waals surface area contributed by atoms with E-state index in [9.17, 15) is 4.79 Å². The molecular formula is C19H24N2O4. The molecule has 0 unspecified atom stereocenters. The lowest BCUT2D eigenvalue weighted by Gasteiger charge is -2.15. The molecule has 0 atom stereocenters. The third-order valence-electron chi connectivity index (χ3n) is 3.36. The number of carbonyl (C=O) groups is 1. The molecule has 0 saturated carbocycles. The third-order valence-corrected chi connectivity index (χ3v) is 3.36. The molecule has 0 aliphatic heterocycles. The summed E-state index contributed by atoms with van der Waals surface area (Å²) in [5.41, 5.74) is 1.41. The van der Waals surface area contributed by atoms with Gasteiger partial charge in [-0.1, -0.05) is 12.1 Å². The van der Waals surface area contributed by atoms with Crippen LogP contribution in [0.1, 0.15) is 13.8 Å². The second-order valence-electron chi connectivity index (χ2n) is 5.63. The van der Waals surface area contributed by atoms with Crippen LogP contribution in [0.4, 0.5) is 11.4 Å². The summed E-state index contributed by atoms with van der Waals surface area (Å²) >= 11 is 0. The van der Waals surface area contributed by atoms with Crippen LogP contribution in [0.3, 0.4) is 0 Å². The maximum atomic E-state index is 12.2. The van der Waals surface area contributed by atoms with E-state index in [1.165, 1.54) is 0 Å². The predicted octanol–water partition coefficient (Wildman–Crippen LogP) is 3.54. The van der Waals surface area contributed by atoms with Crippen molar-refractivity contribution < 1.29 is 19.0 Å². The van der Waals surface area contributed by atoms with E-state index in [4.69, 9.17) is 14.2 Å². The fourth-order valence-corrected chi connectivity index (χ4v) is 2.25. The number of carbonyl (C=O) groups excluding carboxylic acids is 1. The molecule has 0 spiro atoms. The largest absolute Gasteiger partial charge is 0.493 e. The van der Waals surface area contributed by atoms with Gasteiger partial charge in [-0.2, -0.15) is 0 Å². The lowest BCUT2D eigenvalue weighted by atomic mass is 10.2. The number of anilines is 2. The van der Waals surface area contributed by atoms with Crippen LogP contribution in [0, 0.1) is 0 Å². The average Bonchev–Trinajstić information content (AvgIpc) is 2.61. The summed E-state index contributed by atoms with van der Waals surface area (Å²) in [5.74, 6) is 1.72. The molecule has 1 amide bonds. The van der Waals surface area contributed by atoms with Crippen LogP contribution in [0.15, 0.2) is 42.5 Å². The lowest BCUT2D eigenvalue weighted by molar-refractivity contribution is -0.114. The van der Waals surface area contributed by atoms with Crippen molar-refractivity contribution in [1.29, 1.82) is 0 Å². The smallest absolute Gasteiger partial charge is 0.243 e. The van der Waals surface area contributed by atoms with Gasteiger partial charge in [-0.3, -0.25) is 4.79 Å². The molecule has 25 heavy (non-hydrogen) atoms. The zero-order valence-corrected chi connectivity index (χ0v) is 15.0. The van der Waals surface area contributed by atoms with Crippen molar-refractivity contribution >= 4 is 17.3 Å². The molecule has 2 aromatic rings. The number of rotatable bonds is 8. The first-order valence-corrected chi connectivity index (χ1v) is 8.05. The zero-order chi connectivity index (χ0) is 18.2. The van der Waals surface area contributed by atoms with E-state index in [2.05, 4.69) is 10.6 Å². The van der Waals surface area contributed by atoms with Crippen LogP contribution in [0.25, 0.3) is 0 Å². The highest BCUT2D eigenvalue weighted by atomic mass is 16.5. The summed E-state index contributed by atoms with van der Waals surface area (Å²) in [7, 11) is 3.15. The van der Waals surface area contributed by atoms with Gasteiger partial charge in [0.15, 0.2) is 11.5 Å². The van der Waals surface area contributed by atoms with Crippen molar-refractivity contribution in [1.82, 2.24) is 0 Å². The summed E-state index contributed by atoms with van der Waals surface area (Å²) in [6.07, 6.45) is 0.0305. The molecule has 2 N–H and O–H groups in total. The van der Waals surface area contributed by atoms with Gasteiger partial charge in [0, 0.05) is 11.8 Å². The van der Waals surface area contributed by atoms with Crippen LogP contribution >= 0.6 is 0 Å². The van der Waals surface area contributed by atoms with Gasteiger partial charge in [-0.05, 0) is 38.1 Å². The van der Waals surface area contributed by atoms with Crippen molar-refractivity contribution in [3.05, 3.63) is 42.5 Å². The van der Waals surface area contributed by atoms with E-state index < -0.39 is 0 Å². The molecule has 2 rings (SSSR count). The highest BCUT2D eigenvalue weighted by molar-refractivity contribution is 5.95. The summed E-state index contributed by atoms with van der Waals surface area (Å²) in [4.78, 5) is 12.2. The van der Waals surface area contributed by atoms with E-state index >= 15 is 0 Å². The second-order valence-corrected chi connectivity index (χ2v) is 5.63. The van der Waals surface area contributed by atoms with Gasteiger partial charge in [0.2, 0.25) is 5.91 Å². The van der Waals surface area contributed by atoms with Gasteiger partial charge in [-0.15, -0.1) is 0 Å². The van der Waals surface area contributed by atoms with Crippen LogP contribution in [0.5, 0.6) is 17.2 Å². The highest BCUT2D eigenvalue weighted by Gasteiger charge is 2.10. The summed E-state index contributed by atoms with van der Waals surface area (Å²) in [6, 6.07) is 12.8. The molecule has 0 heterocycles. The van der Waals surface area contributed by atoms with Crippen LogP contribution in [-0.4, -0.2) is 32.8 Å². The summed E-state index contributed by atoms with van der Waals surface area (Å²) < 4.78 is 16.1. The first-order chi connectivity index (χ1) is 12.0. The Hall–Kier alpha value is -2.89. The highest BCUT2D eigenvalue weighted by Crippen LogP contribution is 2.29. The second kappa shape index (κ2) is 8.82. The van der Waals surface area contributed by atoms with E-state index in [1.807, 2.05) is 44.2 Å². The minimum Gasteiger partial charge on any atom is -0.493 e. The first kappa shape index (κ1) is 18.4. The van der Waals surface area contributed by atoms with Gasteiger partial charge >= 0.3 is 0 Å². The maximum absolute atomic E-state index is 12.2. The fraction of sp³-hybridized carbons (Fsp3) is 0.316. The molecule has 6 heteroatoms. The Kier molecular flexibility index (Phi) is 6.51. The number of hydrogen-bond acceptors (Lipinski definition) is 5. The quantitative estimate of drug-likeness (QED) is 0.766. The fourth-order valence-electron chi connectivity index (χ4n) is 2.25. The molecule has 0 aliphatic carbocycles. The Morgan fingerprint density at radius 3 is 2.40 bits per heavy atom. The van der Waals surface area contributed by atoms with Crippen molar-refractivity contribution in [3.63, 3.8) is 0 Å². The first-order valence-electron chi connectivity index (χ1n) is 8.05. The van der Waals surface area contributed by atoms with Crippen LogP contribution in [0.2, 0.25) is 0 Å². The number of para-hydroxylation sites is 2. The van der Waals surface area contributed by atoms with Crippen LogP contribution in [-0.2, 0) is 4.79 Å². The van der Waals surface area contributed by atoms with Crippen molar-refractivity contribution in [2.24, 2.45) is 0 Å². The topological polar surface area (TPSA) is 68.8 Å². The molecule has 0 bridgehead atoms. The Labute approximate surface area is 148 Å². The van der Waals surface area contributed by atoms with E-state index in [0.717, 1.165) is 5.69 Å². The maximum Gasteiger partial charge on any atom is 0.243 e. The molecule has 0 saturated heterocycles. The molecule has 0 fully saturated rings. The number of ether oxygens (including phenoxy) is 3. The zero-order valence-electron chi connectivity index (χ0n) is 15.0.